The Kier molecular flexibility index (Phi) is 4.18. The smallest absolute Gasteiger partial charge is 0.113 e. The number of nitrogens with zero attached hydrogens (tertiary/aromatic N) is 2. The zero-order chi connectivity index (χ0) is 21.7. The fourth-order valence-corrected chi connectivity index (χ4v) is 4.47. The maximum Gasteiger partial charge on any atom is 0.113 e. The molecule has 0 radical (unpaired) electrons. The molecule has 6 aromatic rings. The molecule has 2 N–H and O–H groups in total. The highest BCUT2D eigenvalue weighted by Gasteiger charge is 2.14. The fraction of sp³-hybridized carbons (Fsp3) is 0.0714. The van der Waals surface area contributed by atoms with E-state index in [0.717, 1.165) is 55.5 Å². The van der Waals surface area contributed by atoms with Crippen molar-refractivity contribution < 1.29 is 0 Å². The maximum absolute atomic E-state index is 5.21. The molecule has 1 heterocycles. The lowest BCUT2D eigenvalue weighted by molar-refractivity contribution is 1.36. The second-order valence-corrected chi connectivity index (χ2v) is 8.09. The van der Waals surface area contributed by atoms with Crippen molar-refractivity contribution in [1.82, 2.24) is 9.97 Å². The van der Waals surface area contributed by atoms with Crippen LogP contribution in [0.1, 0.15) is 5.56 Å². The molecule has 1 aromatic heterocycles. The fourth-order valence-electron chi connectivity index (χ4n) is 4.47. The third kappa shape index (κ3) is 2.84. The molecule has 0 fully saturated rings. The Bertz CT molecular complexity index is 1640. The van der Waals surface area contributed by atoms with Crippen molar-refractivity contribution in [1.29, 1.82) is 0 Å². The molecule has 0 atom stereocenters. The molecule has 4 nitrogen and oxygen atoms in total. The molecule has 6 rings (SSSR count). The average Bonchev–Trinajstić information content (AvgIpc) is 2.86. The van der Waals surface area contributed by atoms with Gasteiger partial charge in [-0.3, -0.25) is 0 Å². The van der Waals surface area contributed by atoms with Crippen LogP contribution in [0.25, 0.3) is 43.6 Å². The van der Waals surface area contributed by atoms with Gasteiger partial charge in [0.05, 0.1) is 22.2 Å². The zero-order valence-electron chi connectivity index (χ0n) is 18.0. The van der Waals surface area contributed by atoms with Crippen molar-refractivity contribution in [3.63, 3.8) is 0 Å². The molecule has 32 heavy (non-hydrogen) atoms. The predicted molar refractivity (Wildman–Crippen MR) is 136 cm³/mol. The van der Waals surface area contributed by atoms with Gasteiger partial charge < -0.3 is 10.6 Å². The largest absolute Gasteiger partial charge is 0.388 e. The number of nitrogens with one attached hydrogen (secondary N) is 2. The van der Waals surface area contributed by atoms with Crippen molar-refractivity contribution in [2.24, 2.45) is 0 Å². The van der Waals surface area contributed by atoms with E-state index in [4.69, 9.17) is 9.97 Å². The normalized spacial score (nSPS) is 11.4. The summed E-state index contributed by atoms with van der Waals surface area (Å²) in [6.07, 6.45) is 0. The van der Waals surface area contributed by atoms with Crippen LogP contribution < -0.4 is 10.6 Å². The van der Waals surface area contributed by atoms with Crippen LogP contribution in [0.15, 0.2) is 84.9 Å². The second kappa shape index (κ2) is 7.20. The maximum atomic E-state index is 5.21. The molecule has 154 valence electrons. The molecule has 0 aliphatic carbocycles. The summed E-state index contributed by atoms with van der Waals surface area (Å²) < 4.78 is 0. The van der Waals surface area contributed by atoms with E-state index >= 15 is 0 Å². The molecule has 5 aromatic carbocycles. The lowest BCUT2D eigenvalue weighted by atomic mass is 9.99. The van der Waals surface area contributed by atoms with Gasteiger partial charge in [0.25, 0.3) is 0 Å². The molecule has 0 saturated heterocycles. The standard InChI is InChI=1S/C28H22N4/c1-17-11-16-24(30-19-14-12-18(29-2)13-15-19)28-25(17)31-26-22-9-5-3-7-20(22)21-8-4-6-10-23(21)27(26)32-28/h3-16,29-30H,1-2H3. The predicted octanol–water partition coefficient (Wildman–Crippen LogP) is 7.18. The summed E-state index contributed by atoms with van der Waals surface area (Å²) in [5.41, 5.74) is 7.85. The van der Waals surface area contributed by atoms with E-state index in [1.807, 2.05) is 7.05 Å². The van der Waals surface area contributed by atoms with Gasteiger partial charge in [0, 0.05) is 29.2 Å². The number of hydrogen-bond donors (Lipinski definition) is 2. The highest BCUT2D eigenvalue weighted by Crippen LogP contribution is 2.36. The first-order chi connectivity index (χ1) is 15.7. The Morgan fingerprint density at radius 3 is 1.66 bits per heavy atom. The summed E-state index contributed by atoms with van der Waals surface area (Å²) in [6, 6.07) is 29.4. The summed E-state index contributed by atoms with van der Waals surface area (Å²) in [6.45, 7) is 2.09. The van der Waals surface area contributed by atoms with E-state index in [9.17, 15) is 0 Å². The molecule has 0 bridgehead atoms. The van der Waals surface area contributed by atoms with E-state index in [1.54, 1.807) is 0 Å². The highest BCUT2D eigenvalue weighted by atomic mass is 14.9. The summed E-state index contributed by atoms with van der Waals surface area (Å²) >= 11 is 0. The molecule has 0 spiro atoms. The summed E-state index contributed by atoms with van der Waals surface area (Å²) in [7, 11) is 1.92. The molecular weight excluding hydrogens is 392 g/mol. The summed E-state index contributed by atoms with van der Waals surface area (Å²) in [5.74, 6) is 0. The van der Waals surface area contributed by atoms with E-state index in [-0.39, 0.29) is 0 Å². The second-order valence-electron chi connectivity index (χ2n) is 8.09. The van der Waals surface area contributed by atoms with Crippen LogP contribution in [-0.2, 0) is 0 Å². The first-order valence-electron chi connectivity index (χ1n) is 10.8. The summed E-state index contributed by atoms with van der Waals surface area (Å²) in [5, 5.41) is 11.4. The van der Waals surface area contributed by atoms with Crippen LogP contribution in [0.3, 0.4) is 0 Å². The SMILES string of the molecule is CNc1ccc(Nc2ccc(C)c3nc4c5ccccc5c5ccccc5c4nc23)cc1. The Labute approximate surface area is 185 Å². The van der Waals surface area contributed by atoms with E-state index < -0.39 is 0 Å². The molecule has 0 amide bonds. The molecule has 4 heteroatoms. The van der Waals surface area contributed by atoms with Gasteiger partial charge in [-0.2, -0.15) is 0 Å². The van der Waals surface area contributed by atoms with Crippen molar-refractivity contribution in [2.75, 3.05) is 17.7 Å². The van der Waals surface area contributed by atoms with Gasteiger partial charge in [-0.05, 0) is 53.6 Å². The van der Waals surface area contributed by atoms with Crippen molar-refractivity contribution in [3.05, 3.63) is 90.5 Å². The lowest BCUT2D eigenvalue weighted by Crippen LogP contribution is -1.98. The topological polar surface area (TPSA) is 49.8 Å². The van der Waals surface area contributed by atoms with Gasteiger partial charge in [-0.25, -0.2) is 9.97 Å². The lowest BCUT2D eigenvalue weighted by Gasteiger charge is -2.14. The van der Waals surface area contributed by atoms with Gasteiger partial charge in [-0.15, -0.1) is 0 Å². The Balaban J connectivity index is 1.66. The summed E-state index contributed by atoms with van der Waals surface area (Å²) in [4.78, 5) is 10.4. The van der Waals surface area contributed by atoms with Crippen LogP contribution >= 0.6 is 0 Å². The number of fused-ring (bicyclic) bond motifs is 7. The van der Waals surface area contributed by atoms with Crippen LogP contribution in [-0.4, -0.2) is 17.0 Å². The Hall–Kier alpha value is -4.18. The third-order valence-corrected chi connectivity index (χ3v) is 6.13. The zero-order valence-corrected chi connectivity index (χ0v) is 18.0. The number of aromatic nitrogens is 2. The van der Waals surface area contributed by atoms with E-state index in [0.29, 0.717) is 0 Å². The minimum atomic E-state index is 0.885. The van der Waals surface area contributed by atoms with Crippen LogP contribution in [0.2, 0.25) is 0 Å². The van der Waals surface area contributed by atoms with Gasteiger partial charge in [0.1, 0.15) is 5.52 Å². The number of hydrogen-bond acceptors (Lipinski definition) is 4. The van der Waals surface area contributed by atoms with Crippen LogP contribution in [0.5, 0.6) is 0 Å². The number of rotatable bonds is 3. The highest BCUT2D eigenvalue weighted by molar-refractivity contribution is 6.24. The minimum absolute atomic E-state index is 0.885. The first kappa shape index (κ1) is 18.6. The van der Waals surface area contributed by atoms with Crippen molar-refractivity contribution in [3.8, 4) is 0 Å². The quantitative estimate of drug-likeness (QED) is 0.238. The van der Waals surface area contributed by atoms with E-state index in [1.165, 1.54) is 10.8 Å². The van der Waals surface area contributed by atoms with Crippen molar-refractivity contribution >= 4 is 60.7 Å². The third-order valence-electron chi connectivity index (χ3n) is 6.13. The van der Waals surface area contributed by atoms with Crippen LogP contribution in [0, 0.1) is 6.92 Å². The number of anilines is 3. The monoisotopic (exact) mass is 414 g/mol. The molecule has 0 unspecified atom stereocenters. The van der Waals surface area contributed by atoms with Crippen molar-refractivity contribution in [2.45, 2.75) is 6.92 Å². The Morgan fingerprint density at radius 2 is 1.06 bits per heavy atom. The number of benzene rings is 5. The minimum Gasteiger partial charge on any atom is -0.388 e. The first-order valence-corrected chi connectivity index (χ1v) is 10.8. The Morgan fingerprint density at radius 1 is 0.531 bits per heavy atom. The van der Waals surface area contributed by atoms with E-state index in [2.05, 4.69) is 102 Å². The van der Waals surface area contributed by atoms with Crippen LogP contribution in [0.4, 0.5) is 17.1 Å². The molecular formula is C28H22N4. The molecule has 0 saturated carbocycles. The molecule has 0 aliphatic heterocycles. The van der Waals surface area contributed by atoms with Gasteiger partial charge >= 0.3 is 0 Å². The van der Waals surface area contributed by atoms with Gasteiger partial charge in [0.2, 0.25) is 0 Å². The van der Waals surface area contributed by atoms with Gasteiger partial charge in [-0.1, -0.05) is 54.6 Å². The average molecular weight is 415 g/mol. The van der Waals surface area contributed by atoms with Gasteiger partial charge in [0.15, 0.2) is 0 Å². The molecule has 0 aliphatic rings. The number of aryl methyl sites for hydroxylation is 1.